The third kappa shape index (κ3) is 4.11. The van der Waals surface area contributed by atoms with Crippen LogP contribution in [0.1, 0.15) is 11.1 Å². The zero-order valence-electron chi connectivity index (χ0n) is 22.0. The van der Waals surface area contributed by atoms with Gasteiger partial charge in [0, 0.05) is 11.4 Å². The lowest BCUT2D eigenvalue weighted by Crippen LogP contribution is -2.24. The van der Waals surface area contributed by atoms with Crippen LogP contribution < -0.4 is 9.80 Å². The summed E-state index contributed by atoms with van der Waals surface area (Å²) in [6, 6.07) is 42.7. The van der Waals surface area contributed by atoms with Crippen LogP contribution in [0.15, 0.2) is 121 Å². The predicted octanol–water partition coefficient (Wildman–Crippen LogP) is 8.83. The van der Waals surface area contributed by atoms with Gasteiger partial charge >= 0.3 is 0 Å². The molecule has 0 bridgehead atoms. The Morgan fingerprint density at radius 1 is 0.462 bits per heavy atom. The molecule has 0 saturated heterocycles. The van der Waals surface area contributed by atoms with E-state index < -0.39 is 0 Å². The molecule has 2 heterocycles. The fourth-order valence-corrected chi connectivity index (χ4v) is 5.46. The number of aromatic nitrogens is 2. The van der Waals surface area contributed by atoms with Crippen molar-refractivity contribution in [2.45, 2.75) is 13.8 Å². The minimum Gasteiger partial charge on any atom is -0.305 e. The molecule has 4 heteroatoms. The zero-order chi connectivity index (χ0) is 26.3. The highest BCUT2D eigenvalue weighted by molar-refractivity contribution is 5.89. The average molecular weight is 505 g/mol. The highest BCUT2D eigenvalue weighted by Crippen LogP contribution is 2.43. The van der Waals surface area contributed by atoms with Gasteiger partial charge in [0.2, 0.25) is 0 Å². The molecule has 0 fully saturated rings. The Hall–Kier alpha value is -4.96. The summed E-state index contributed by atoms with van der Waals surface area (Å²) in [5, 5.41) is 0. The first-order valence-electron chi connectivity index (χ1n) is 13.3. The van der Waals surface area contributed by atoms with E-state index in [1.807, 2.05) is 24.3 Å². The molecule has 188 valence electrons. The second-order valence-electron chi connectivity index (χ2n) is 10.1. The van der Waals surface area contributed by atoms with E-state index >= 15 is 0 Å². The first kappa shape index (κ1) is 23.2. The topological polar surface area (TPSA) is 32.3 Å². The molecule has 0 amide bonds. The van der Waals surface area contributed by atoms with Crippen LogP contribution in [0.5, 0.6) is 0 Å². The van der Waals surface area contributed by atoms with E-state index in [-0.39, 0.29) is 0 Å². The molecule has 0 saturated carbocycles. The summed E-state index contributed by atoms with van der Waals surface area (Å²) in [5.74, 6) is 1.75. The molecule has 0 atom stereocenters. The lowest BCUT2D eigenvalue weighted by molar-refractivity contribution is 0.977. The van der Waals surface area contributed by atoms with Gasteiger partial charge in [-0.2, -0.15) is 0 Å². The molecule has 39 heavy (non-hydrogen) atoms. The van der Waals surface area contributed by atoms with Gasteiger partial charge < -0.3 is 9.80 Å². The van der Waals surface area contributed by atoms with E-state index in [0.717, 1.165) is 34.0 Å². The maximum Gasteiger partial charge on any atom is 0.179 e. The van der Waals surface area contributed by atoms with E-state index in [1.54, 1.807) is 0 Å². The van der Waals surface area contributed by atoms with Gasteiger partial charge in [-0.1, -0.05) is 84.9 Å². The molecule has 4 nitrogen and oxygen atoms in total. The number of benzene rings is 5. The van der Waals surface area contributed by atoms with Crippen LogP contribution in [0.4, 0.5) is 23.0 Å². The van der Waals surface area contributed by atoms with Gasteiger partial charge in [-0.25, -0.2) is 9.97 Å². The smallest absolute Gasteiger partial charge is 0.179 e. The van der Waals surface area contributed by atoms with Gasteiger partial charge in [0.15, 0.2) is 11.6 Å². The quantitative estimate of drug-likeness (QED) is 0.240. The normalized spacial score (nSPS) is 12.7. The number of hydrogen-bond acceptors (Lipinski definition) is 4. The van der Waals surface area contributed by atoms with Crippen LogP contribution in [0, 0.1) is 13.8 Å². The van der Waals surface area contributed by atoms with Crippen molar-refractivity contribution < 1.29 is 0 Å². The number of anilines is 4. The van der Waals surface area contributed by atoms with Crippen molar-refractivity contribution in [2.24, 2.45) is 0 Å². The van der Waals surface area contributed by atoms with Gasteiger partial charge in [-0.3, -0.25) is 0 Å². The minimum atomic E-state index is 0.638. The fourth-order valence-electron chi connectivity index (χ4n) is 5.46. The average Bonchev–Trinajstić information content (AvgIpc) is 3.35. The molecule has 1 aliphatic heterocycles. The monoisotopic (exact) mass is 504 g/mol. The van der Waals surface area contributed by atoms with Crippen molar-refractivity contribution >= 4 is 34.0 Å². The Morgan fingerprint density at radius 3 is 1.26 bits per heavy atom. The molecule has 0 aliphatic carbocycles. The maximum absolute atomic E-state index is 5.08. The first-order chi connectivity index (χ1) is 19.2. The summed E-state index contributed by atoms with van der Waals surface area (Å²) in [7, 11) is 0. The third-order valence-electron chi connectivity index (χ3n) is 7.60. The summed E-state index contributed by atoms with van der Waals surface area (Å²) >= 11 is 0. The van der Waals surface area contributed by atoms with Crippen LogP contribution in [-0.4, -0.2) is 16.6 Å². The number of fused-ring (bicyclic) bond motifs is 2. The molecule has 1 aliphatic rings. The predicted molar refractivity (Wildman–Crippen MR) is 162 cm³/mol. The van der Waals surface area contributed by atoms with Crippen LogP contribution >= 0.6 is 0 Å². The first-order valence-corrected chi connectivity index (χ1v) is 13.3. The summed E-state index contributed by atoms with van der Waals surface area (Å²) in [6.45, 7) is 4.95. The summed E-state index contributed by atoms with van der Waals surface area (Å²) in [6.07, 6.45) is 0. The zero-order valence-corrected chi connectivity index (χ0v) is 22.0. The molecule has 5 aromatic carbocycles. The largest absolute Gasteiger partial charge is 0.305 e. The third-order valence-corrected chi connectivity index (χ3v) is 7.60. The van der Waals surface area contributed by atoms with Gasteiger partial charge in [-0.05, 0) is 83.6 Å². The summed E-state index contributed by atoms with van der Waals surface area (Å²) in [4.78, 5) is 14.7. The number of nitrogens with zero attached hydrogens (tertiary/aromatic N) is 4. The number of hydrogen-bond donors (Lipinski definition) is 0. The molecule has 7 rings (SSSR count). The van der Waals surface area contributed by atoms with Crippen molar-refractivity contribution in [1.82, 2.24) is 9.97 Å². The van der Waals surface area contributed by atoms with E-state index in [1.165, 1.54) is 33.4 Å². The summed E-state index contributed by atoms with van der Waals surface area (Å²) < 4.78 is 0. The Kier molecular flexibility index (Phi) is 5.59. The second-order valence-corrected chi connectivity index (χ2v) is 10.1. The molecule has 1 aromatic heterocycles. The maximum atomic E-state index is 5.08. The van der Waals surface area contributed by atoms with E-state index in [2.05, 4.69) is 121 Å². The van der Waals surface area contributed by atoms with Gasteiger partial charge in [0.05, 0.1) is 11.0 Å². The lowest BCUT2D eigenvalue weighted by Gasteiger charge is -2.21. The molecule has 6 aromatic rings. The Bertz CT molecular complexity index is 1670. The molecule has 0 unspecified atom stereocenters. The fraction of sp³-hybridized carbons (Fsp3) is 0.0857. The highest BCUT2D eigenvalue weighted by atomic mass is 15.4. The molecule has 0 radical (unpaired) electrons. The van der Waals surface area contributed by atoms with Crippen LogP contribution in [0.3, 0.4) is 0 Å². The van der Waals surface area contributed by atoms with E-state index in [9.17, 15) is 0 Å². The van der Waals surface area contributed by atoms with Crippen molar-refractivity contribution in [2.75, 3.05) is 16.5 Å². The molecule has 0 spiro atoms. The number of rotatable bonds is 4. The SMILES string of the molecule is Cc1ccccc1-c1ccc(N2CN(c3ccc(-c4ccccc4C)cc3)c3nc4ccccc4nc32)cc1. The van der Waals surface area contributed by atoms with Crippen LogP contribution in [0.25, 0.3) is 33.3 Å². The molecular weight excluding hydrogens is 476 g/mol. The van der Waals surface area contributed by atoms with Crippen LogP contribution in [-0.2, 0) is 0 Å². The minimum absolute atomic E-state index is 0.638. The van der Waals surface area contributed by atoms with Crippen LogP contribution in [0.2, 0.25) is 0 Å². The molecular formula is C35H28N4. The standard InChI is InChI=1S/C35H28N4/c1-24-9-3-5-11-30(24)26-15-19-28(20-16-26)38-23-39(35-34(38)36-32-13-7-8-14-33(32)37-35)29-21-17-27(18-22-29)31-12-6-4-10-25(31)2/h3-22H,23H2,1-2H3. The van der Waals surface area contributed by atoms with Gasteiger partial charge in [-0.15, -0.1) is 0 Å². The second kappa shape index (κ2) is 9.41. The van der Waals surface area contributed by atoms with Crippen molar-refractivity contribution in [1.29, 1.82) is 0 Å². The Morgan fingerprint density at radius 2 is 0.846 bits per heavy atom. The number of aryl methyl sites for hydroxylation is 2. The summed E-state index contributed by atoms with van der Waals surface area (Å²) in [5.41, 5.74) is 11.5. The lowest BCUT2D eigenvalue weighted by atomic mass is 10.0. The van der Waals surface area contributed by atoms with E-state index in [4.69, 9.17) is 9.97 Å². The Labute approximate surface area is 228 Å². The van der Waals surface area contributed by atoms with Gasteiger partial charge in [0.1, 0.15) is 6.67 Å². The Balaban J connectivity index is 1.28. The van der Waals surface area contributed by atoms with Gasteiger partial charge in [0.25, 0.3) is 0 Å². The molecule has 0 N–H and O–H groups in total. The number of para-hydroxylation sites is 2. The van der Waals surface area contributed by atoms with E-state index in [0.29, 0.717) is 6.67 Å². The van der Waals surface area contributed by atoms with Crippen molar-refractivity contribution in [3.05, 3.63) is 132 Å². The highest BCUT2D eigenvalue weighted by Gasteiger charge is 2.31. The van der Waals surface area contributed by atoms with Crippen molar-refractivity contribution in [3.63, 3.8) is 0 Å². The van der Waals surface area contributed by atoms with Crippen molar-refractivity contribution in [3.8, 4) is 22.3 Å².